The number of hydrogen-bond acceptors (Lipinski definition) is 5. The highest BCUT2D eigenvalue weighted by molar-refractivity contribution is 7.91. The molecule has 26 heavy (non-hydrogen) atoms. The van der Waals surface area contributed by atoms with E-state index in [1.165, 1.54) is 0 Å². The van der Waals surface area contributed by atoms with Crippen molar-refractivity contribution in [3.63, 3.8) is 0 Å². The Balaban J connectivity index is 1.60. The monoisotopic (exact) mass is 379 g/mol. The minimum atomic E-state index is -3.06. The number of aryl methyl sites for hydroxylation is 2. The number of benzene rings is 1. The highest BCUT2D eigenvalue weighted by atomic mass is 32.2. The van der Waals surface area contributed by atoms with Gasteiger partial charge in [0.05, 0.1) is 16.9 Å². The molecule has 2 aliphatic rings. The summed E-state index contributed by atoms with van der Waals surface area (Å²) >= 11 is 0. The number of rotatable bonds is 5. The maximum atomic E-state index is 12.7. The minimum Gasteiger partial charge on any atom is -0.455 e. The highest BCUT2D eigenvalue weighted by Gasteiger charge is 2.47. The molecule has 1 saturated carbocycles. The van der Waals surface area contributed by atoms with Crippen LogP contribution in [0.1, 0.15) is 42.4 Å². The topological polar surface area (TPSA) is 89.5 Å². The average Bonchev–Trinajstić information content (AvgIpc) is 2.82. The molecule has 0 unspecified atom stereocenters. The lowest BCUT2D eigenvalue weighted by Gasteiger charge is -2.40. The van der Waals surface area contributed by atoms with Crippen molar-refractivity contribution in [2.24, 2.45) is 0 Å². The summed E-state index contributed by atoms with van der Waals surface area (Å²) in [7, 11) is -3.06. The summed E-state index contributed by atoms with van der Waals surface area (Å²) < 4.78 is 28.2. The van der Waals surface area contributed by atoms with Crippen LogP contribution in [-0.2, 0) is 29.6 Å². The predicted molar refractivity (Wildman–Crippen MR) is 97.6 cm³/mol. The van der Waals surface area contributed by atoms with Crippen molar-refractivity contribution in [2.45, 2.75) is 51.0 Å². The lowest BCUT2D eigenvalue weighted by molar-refractivity contribution is -0.157. The molecule has 0 radical (unpaired) electrons. The van der Waals surface area contributed by atoms with Crippen molar-refractivity contribution < 1.29 is 22.7 Å². The Kier molecular flexibility index (Phi) is 5.10. The Bertz CT molecular complexity index is 806. The van der Waals surface area contributed by atoms with Gasteiger partial charge >= 0.3 is 5.97 Å². The van der Waals surface area contributed by atoms with Crippen LogP contribution in [0.25, 0.3) is 0 Å². The molecule has 1 amide bonds. The van der Waals surface area contributed by atoms with Crippen LogP contribution in [-0.4, -0.2) is 44.4 Å². The molecule has 7 heteroatoms. The van der Waals surface area contributed by atoms with E-state index in [1.807, 2.05) is 26.0 Å². The number of sulfone groups is 1. The van der Waals surface area contributed by atoms with Gasteiger partial charge < -0.3 is 10.1 Å². The van der Waals surface area contributed by atoms with Crippen LogP contribution < -0.4 is 5.32 Å². The van der Waals surface area contributed by atoms with E-state index < -0.39 is 21.2 Å². The van der Waals surface area contributed by atoms with Crippen molar-refractivity contribution in [1.82, 2.24) is 5.32 Å². The van der Waals surface area contributed by atoms with E-state index in [0.29, 0.717) is 6.42 Å². The molecule has 1 aliphatic heterocycles. The van der Waals surface area contributed by atoms with E-state index in [1.54, 1.807) is 0 Å². The van der Waals surface area contributed by atoms with E-state index >= 15 is 0 Å². The van der Waals surface area contributed by atoms with Gasteiger partial charge in [0.1, 0.15) is 0 Å². The first kappa shape index (κ1) is 18.9. The van der Waals surface area contributed by atoms with Gasteiger partial charge in [0.2, 0.25) is 0 Å². The number of nitrogens with one attached hydrogen (secondary N) is 1. The summed E-state index contributed by atoms with van der Waals surface area (Å²) in [5.41, 5.74) is 2.49. The maximum absolute atomic E-state index is 12.7. The second-order valence-corrected chi connectivity index (χ2v) is 9.78. The quantitative estimate of drug-likeness (QED) is 0.785. The van der Waals surface area contributed by atoms with Gasteiger partial charge in [-0.1, -0.05) is 35.7 Å². The summed E-state index contributed by atoms with van der Waals surface area (Å²) in [6, 6.07) is 5.70. The van der Waals surface area contributed by atoms with E-state index in [-0.39, 0.29) is 30.1 Å². The lowest BCUT2D eigenvalue weighted by atomic mass is 9.64. The summed E-state index contributed by atoms with van der Waals surface area (Å²) in [5, 5.41) is 2.64. The zero-order chi connectivity index (χ0) is 18.9. The standard InChI is InChI=1S/C19H25NO5S/c1-13-8-14(2)10-15(9-13)19(5-3-6-19)18(22)25-11-17(21)20-16-4-7-26(23,24)12-16/h8-10,16H,3-7,11-12H2,1-2H3,(H,20,21)/t16-/m0/s1. The van der Waals surface area contributed by atoms with Crippen molar-refractivity contribution in [3.05, 3.63) is 34.9 Å². The molecule has 142 valence electrons. The smallest absolute Gasteiger partial charge is 0.317 e. The normalized spacial score (nSPS) is 23.1. The molecule has 2 fully saturated rings. The molecule has 0 spiro atoms. The largest absolute Gasteiger partial charge is 0.455 e. The van der Waals surface area contributed by atoms with Crippen LogP contribution in [0, 0.1) is 13.8 Å². The molecule has 0 aromatic heterocycles. The van der Waals surface area contributed by atoms with Gasteiger partial charge in [0, 0.05) is 6.04 Å². The fourth-order valence-corrected chi connectivity index (χ4v) is 5.51. The van der Waals surface area contributed by atoms with Crippen LogP contribution in [0.4, 0.5) is 0 Å². The fraction of sp³-hybridized carbons (Fsp3) is 0.579. The van der Waals surface area contributed by atoms with E-state index in [4.69, 9.17) is 4.74 Å². The Labute approximate surface area is 154 Å². The molecule has 1 heterocycles. The lowest BCUT2D eigenvalue weighted by Crippen LogP contribution is -2.45. The van der Waals surface area contributed by atoms with Crippen molar-refractivity contribution >= 4 is 21.7 Å². The number of carbonyl (C=O) groups excluding carboxylic acids is 2. The van der Waals surface area contributed by atoms with Crippen LogP contribution in [0.15, 0.2) is 18.2 Å². The molecule has 1 aromatic carbocycles. The van der Waals surface area contributed by atoms with Gasteiger partial charge in [0.25, 0.3) is 5.91 Å². The second-order valence-electron chi connectivity index (χ2n) is 7.56. The van der Waals surface area contributed by atoms with Gasteiger partial charge in [-0.25, -0.2) is 8.42 Å². The summed E-state index contributed by atoms with van der Waals surface area (Å²) in [5.74, 6) is -0.773. The van der Waals surface area contributed by atoms with E-state index in [9.17, 15) is 18.0 Å². The van der Waals surface area contributed by atoms with Gasteiger partial charge in [0.15, 0.2) is 16.4 Å². The average molecular weight is 379 g/mol. The summed E-state index contributed by atoms with van der Waals surface area (Å²) in [4.78, 5) is 24.7. The van der Waals surface area contributed by atoms with Crippen molar-refractivity contribution in [1.29, 1.82) is 0 Å². The molecule has 1 saturated heterocycles. The van der Waals surface area contributed by atoms with Crippen LogP contribution in [0.5, 0.6) is 0 Å². The zero-order valence-electron chi connectivity index (χ0n) is 15.2. The first-order valence-electron chi connectivity index (χ1n) is 8.96. The molecule has 1 aliphatic carbocycles. The molecular formula is C19H25NO5S. The SMILES string of the molecule is Cc1cc(C)cc(C2(C(=O)OCC(=O)N[C@H]3CCS(=O)(=O)C3)CCC2)c1. The van der Waals surface area contributed by atoms with Crippen LogP contribution >= 0.6 is 0 Å². The van der Waals surface area contributed by atoms with E-state index in [2.05, 4.69) is 11.4 Å². The number of amides is 1. The van der Waals surface area contributed by atoms with Crippen LogP contribution in [0.3, 0.4) is 0 Å². The third-order valence-electron chi connectivity index (χ3n) is 5.30. The van der Waals surface area contributed by atoms with Gasteiger partial charge in [-0.15, -0.1) is 0 Å². The Hall–Kier alpha value is -1.89. The Morgan fingerprint density at radius 3 is 2.35 bits per heavy atom. The molecule has 1 atom stereocenters. The van der Waals surface area contributed by atoms with Crippen molar-refractivity contribution in [2.75, 3.05) is 18.1 Å². The fourth-order valence-electron chi connectivity index (χ4n) is 3.84. The Morgan fingerprint density at radius 2 is 1.85 bits per heavy atom. The number of ether oxygens (including phenoxy) is 1. The van der Waals surface area contributed by atoms with Crippen LogP contribution in [0.2, 0.25) is 0 Å². The summed E-state index contributed by atoms with van der Waals surface area (Å²) in [6.45, 7) is 3.62. The molecule has 3 rings (SSSR count). The van der Waals surface area contributed by atoms with Gasteiger partial charge in [-0.2, -0.15) is 0 Å². The molecule has 0 bridgehead atoms. The van der Waals surface area contributed by atoms with E-state index in [0.717, 1.165) is 36.0 Å². The number of esters is 1. The first-order valence-corrected chi connectivity index (χ1v) is 10.8. The number of hydrogen-bond donors (Lipinski definition) is 1. The number of carbonyl (C=O) groups is 2. The molecule has 6 nitrogen and oxygen atoms in total. The maximum Gasteiger partial charge on any atom is 0.317 e. The molecule has 1 N–H and O–H groups in total. The van der Waals surface area contributed by atoms with Gasteiger partial charge in [-0.05, 0) is 38.7 Å². The van der Waals surface area contributed by atoms with Crippen molar-refractivity contribution in [3.8, 4) is 0 Å². The zero-order valence-corrected chi connectivity index (χ0v) is 16.0. The third kappa shape index (κ3) is 3.92. The molecular weight excluding hydrogens is 354 g/mol. The third-order valence-corrected chi connectivity index (χ3v) is 7.07. The first-order chi connectivity index (χ1) is 12.2. The Morgan fingerprint density at radius 1 is 1.19 bits per heavy atom. The second kappa shape index (κ2) is 7.02. The van der Waals surface area contributed by atoms with Gasteiger partial charge in [-0.3, -0.25) is 9.59 Å². The predicted octanol–water partition coefficient (Wildman–Crippen LogP) is 1.57. The summed E-state index contributed by atoms with van der Waals surface area (Å²) in [6.07, 6.45) is 2.80. The minimum absolute atomic E-state index is 0.0425. The molecule has 1 aromatic rings. The highest BCUT2D eigenvalue weighted by Crippen LogP contribution is 2.45.